The number of hydrogen-bond acceptors (Lipinski definition) is 3. The lowest BCUT2D eigenvalue weighted by Gasteiger charge is -2.20. The number of amides is 1. The van der Waals surface area contributed by atoms with Crippen LogP contribution in [0.15, 0.2) is 0 Å². The van der Waals surface area contributed by atoms with Crippen LogP contribution in [0.3, 0.4) is 0 Å². The molecule has 1 rings (SSSR count). The second kappa shape index (κ2) is 6.81. The quantitative estimate of drug-likeness (QED) is 0.710. The van der Waals surface area contributed by atoms with Gasteiger partial charge in [0.15, 0.2) is 0 Å². The van der Waals surface area contributed by atoms with Crippen molar-refractivity contribution < 1.29 is 9.53 Å². The first-order chi connectivity index (χ1) is 7.63. The first-order valence-corrected chi connectivity index (χ1v) is 6.22. The molecule has 2 N–H and O–H groups in total. The number of carbonyl (C=O) groups is 1. The number of nitrogens with zero attached hydrogens (tertiary/aromatic N) is 1. The minimum absolute atomic E-state index is 0.116. The molecule has 0 aromatic heterocycles. The normalized spacial score (nSPS) is 19.7. The Morgan fingerprint density at radius 3 is 2.88 bits per heavy atom. The van der Waals surface area contributed by atoms with Crippen LogP contribution in [-0.4, -0.2) is 41.6 Å². The third kappa shape index (κ3) is 4.45. The summed E-state index contributed by atoms with van der Waals surface area (Å²) < 4.78 is 5.48. The number of hydrogen-bond donors (Lipinski definition) is 1. The fourth-order valence-corrected chi connectivity index (χ4v) is 2.03. The van der Waals surface area contributed by atoms with Gasteiger partial charge in [-0.15, -0.1) is 0 Å². The Bertz CT molecular complexity index is 252. The molecule has 1 aliphatic heterocycles. The van der Waals surface area contributed by atoms with Crippen molar-refractivity contribution in [3.05, 3.63) is 0 Å². The van der Waals surface area contributed by atoms with E-state index >= 15 is 0 Å². The summed E-state index contributed by atoms with van der Waals surface area (Å²) in [6.07, 6.45) is 3.80. The van der Waals surface area contributed by atoms with E-state index in [1.807, 2.05) is 6.92 Å². The minimum atomic E-state index is 0.116. The van der Waals surface area contributed by atoms with E-state index in [1.165, 1.54) is 0 Å². The average Bonchev–Trinajstić information content (AvgIpc) is 2.75. The van der Waals surface area contributed by atoms with Crippen LogP contribution in [0.4, 0.5) is 0 Å². The van der Waals surface area contributed by atoms with E-state index in [2.05, 4.69) is 0 Å². The average molecular weight is 244 g/mol. The van der Waals surface area contributed by atoms with Gasteiger partial charge in [-0.05, 0) is 26.2 Å². The SMILES string of the molecule is CCN(CC(N)=S)C(=O)CCC1CCCO1. The van der Waals surface area contributed by atoms with Gasteiger partial charge in [-0.25, -0.2) is 0 Å². The highest BCUT2D eigenvalue weighted by Crippen LogP contribution is 2.17. The van der Waals surface area contributed by atoms with Gasteiger partial charge in [0.05, 0.1) is 17.6 Å². The summed E-state index contributed by atoms with van der Waals surface area (Å²) in [6, 6.07) is 0. The molecule has 0 bridgehead atoms. The molecule has 0 aliphatic carbocycles. The lowest BCUT2D eigenvalue weighted by molar-refractivity contribution is -0.130. The maximum absolute atomic E-state index is 11.8. The van der Waals surface area contributed by atoms with Crippen molar-refractivity contribution in [2.24, 2.45) is 5.73 Å². The van der Waals surface area contributed by atoms with Crippen LogP contribution in [0.25, 0.3) is 0 Å². The summed E-state index contributed by atoms with van der Waals surface area (Å²) in [7, 11) is 0. The van der Waals surface area contributed by atoms with Crippen LogP contribution in [0.5, 0.6) is 0 Å². The summed E-state index contributed by atoms with van der Waals surface area (Å²) in [4.78, 5) is 13.9. The molecular weight excluding hydrogens is 224 g/mol. The van der Waals surface area contributed by atoms with Crippen molar-refractivity contribution in [1.29, 1.82) is 0 Å². The van der Waals surface area contributed by atoms with Crippen LogP contribution >= 0.6 is 12.2 Å². The highest BCUT2D eigenvalue weighted by molar-refractivity contribution is 7.80. The third-order valence-corrected chi connectivity index (χ3v) is 2.91. The minimum Gasteiger partial charge on any atom is -0.392 e. The lowest BCUT2D eigenvalue weighted by Crippen LogP contribution is -2.37. The Morgan fingerprint density at radius 1 is 1.62 bits per heavy atom. The van der Waals surface area contributed by atoms with Gasteiger partial charge >= 0.3 is 0 Å². The molecule has 1 fully saturated rings. The smallest absolute Gasteiger partial charge is 0.223 e. The summed E-state index contributed by atoms with van der Waals surface area (Å²) in [5, 5.41) is 0. The topological polar surface area (TPSA) is 55.6 Å². The summed E-state index contributed by atoms with van der Waals surface area (Å²) in [6.45, 7) is 3.81. The number of thiocarbonyl (C=S) groups is 1. The summed E-state index contributed by atoms with van der Waals surface area (Å²) in [5.41, 5.74) is 5.44. The largest absolute Gasteiger partial charge is 0.392 e. The molecule has 4 nitrogen and oxygen atoms in total. The molecule has 1 amide bonds. The van der Waals surface area contributed by atoms with E-state index in [1.54, 1.807) is 4.90 Å². The molecule has 0 aromatic carbocycles. The number of likely N-dealkylation sites (N-methyl/N-ethyl adjacent to an activating group) is 1. The zero-order chi connectivity index (χ0) is 12.0. The van der Waals surface area contributed by atoms with Crippen LogP contribution in [0.2, 0.25) is 0 Å². The first-order valence-electron chi connectivity index (χ1n) is 5.81. The van der Waals surface area contributed by atoms with Crippen LogP contribution < -0.4 is 5.73 Å². The Balaban J connectivity index is 2.28. The molecule has 92 valence electrons. The molecule has 1 heterocycles. The molecule has 0 radical (unpaired) electrons. The maximum Gasteiger partial charge on any atom is 0.223 e. The Labute approximate surface area is 102 Å². The predicted octanol–water partition coefficient (Wildman–Crippen LogP) is 1.08. The Morgan fingerprint density at radius 2 is 2.38 bits per heavy atom. The van der Waals surface area contributed by atoms with Crippen molar-refractivity contribution >= 4 is 23.1 Å². The van der Waals surface area contributed by atoms with Crippen molar-refractivity contribution in [2.75, 3.05) is 19.7 Å². The molecule has 1 unspecified atom stereocenters. The number of rotatable bonds is 6. The second-order valence-corrected chi connectivity index (χ2v) is 4.57. The Hall–Kier alpha value is -0.680. The molecule has 1 aliphatic rings. The monoisotopic (exact) mass is 244 g/mol. The number of nitrogens with two attached hydrogens (primary N) is 1. The maximum atomic E-state index is 11.8. The van der Waals surface area contributed by atoms with Gasteiger partial charge in [-0.3, -0.25) is 4.79 Å². The van der Waals surface area contributed by atoms with Crippen molar-refractivity contribution in [3.8, 4) is 0 Å². The van der Waals surface area contributed by atoms with Gasteiger partial charge < -0.3 is 15.4 Å². The number of carbonyl (C=O) groups excluding carboxylic acids is 1. The zero-order valence-corrected chi connectivity index (χ0v) is 10.6. The van der Waals surface area contributed by atoms with Gasteiger partial charge in [0.1, 0.15) is 0 Å². The summed E-state index contributed by atoms with van der Waals surface area (Å²) >= 11 is 4.81. The lowest BCUT2D eigenvalue weighted by atomic mass is 10.1. The van der Waals surface area contributed by atoms with E-state index in [0.29, 0.717) is 24.5 Å². The molecule has 1 saturated heterocycles. The van der Waals surface area contributed by atoms with Gasteiger partial charge in [0.25, 0.3) is 0 Å². The molecule has 0 aromatic rings. The highest BCUT2D eigenvalue weighted by atomic mass is 32.1. The van der Waals surface area contributed by atoms with Gasteiger partial charge in [-0.2, -0.15) is 0 Å². The highest BCUT2D eigenvalue weighted by Gasteiger charge is 2.19. The molecule has 16 heavy (non-hydrogen) atoms. The molecule has 5 heteroatoms. The van der Waals surface area contributed by atoms with Crippen LogP contribution in [0.1, 0.15) is 32.6 Å². The number of ether oxygens (including phenoxy) is 1. The van der Waals surface area contributed by atoms with Crippen molar-refractivity contribution in [1.82, 2.24) is 4.90 Å². The standard InChI is InChI=1S/C11H20N2O2S/c1-2-13(8-10(12)16)11(14)6-5-9-4-3-7-15-9/h9H,2-8H2,1H3,(H2,12,16). The molecule has 0 saturated carbocycles. The van der Waals surface area contributed by atoms with E-state index in [4.69, 9.17) is 22.7 Å². The van der Waals surface area contributed by atoms with Crippen molar-refractivity contribution in [3.63, 3.8) is 0 Å². The molecule has 1 atom stereocenters. The fraction of sp³-hybridized carbons (Fsp3) is 0.818. The van der Waals surface area contributed by atoms with Gasteiger partial charge in [0, 0.05) is 19.6 Å². The van der Waals surface area contributed by atoms with Crippen LogP contribution in [-0.2, 0) is 9.53 Å². The first kappa shape index (κ1) is 13.4. The third-order valence-electron chi connectivity index (χ3n) is 2.79. The Kier molecular flexibility index (Phi) is 5.69. The van der Waals surface area contributed by atoms with Crippen molar-refractivity contribution in [2.45, 2.75) is 38.7 Å². The summed E-state index contributed by atoms with van der Waals surface area (Å²) in [5.74, 6) is 0.116. The van der Waals surface area contributed by atoms with Gasteiger partial charge in [0.2, 0.25) is 5.91 Å². The van der Waals surface area contributed by atoms with E-state index in [0.717, 1.165) is 25.9 Å². The molecular formula is C11H20N2O2S. The van der Waals surface area contributed by atoms with E-state index in [-0.39, 0.29) is 12.0 Å². The zero-order valence-electron chi connectivity index (χ0n) is 9.78. The van der Waals surface area contributed by atoms with Gasteiger partial charge in [-0.1, -0.05) is 12.2 Å². The van der Waals surface area contributed by atoms with Crippen LogP contribution in [0, 0.1) is 0 Å². The molecule has 0 spiro atoms. The predicted molar refractivity (Wildman–Crippen MR) is 67.2 cm³/mol. The fourth-order valence-electron chi connectivity index (χ4n) is 1.88. The van der Waals surface area contributed by atoms with E-state index in [9.17, 15) is 4.79 Å². The second-order valence-electron chi connectivity index (χ2n) is 4.05. The van der Waals surface area contributed by atoms with E-state index < -0.39 is 0 Å².